The van der Waals surface area contributed by atoms with Crippen LogP contribution in [0.3, 0.4) is 0 Å². The summed E-state index contributed by atoms with van der Waals surface area (Å²) in [6.45, 7) is 6.96. The Kier molecular flexibility index (Phi) is 8.11. The van der Waals surface area contributed by atoms with Gasteiger partial charge in [0.05, 0.1) is 0 Å². The zero-order chi connectivity index (χ0) is 25.8. The van der Waals surface area contributed by atoms with Crippen molar-refractivity contribution in [2.45, 2.75) is 39.3 Å². The maximum atomic E-state index is 13.9. The van der Waals surface area contributed by atoms with Crippen molar-refractivity contribution in [2.75, 3.05) is 28.5 Å². The first-order valence-electron chi connectivity index (χ1n) is 10.9. The number of benzene rings is 2. The van der Waals surface area contributed by atoms with Gasteiger partial charge in [0.25, 0.3) is 0 Å². The van der Waals surface area contributed by atoms with E-state index >= 15 is 0 Å². The van der Waals surface area contributed by atoms with Crippen LogP contribution in [0.5, 0.6) is 11.5 Å². The maximum absolute atomic E-state index is 13.9. The first-order chi connectivity index (χ1) is 16.4. The molecule has 2 N–H and O–H groups in total. The summed E-state index contributed by atoms with van der Waals surface area (Å²) in [4.78, 5) is 39.3. The van der Waals surface area contributed by atoms with Crippen molar-refractivity contribution in [1.29, 1.82) is 0 Å². The summed E-state index contributed by atoms with van der Waals surface area (Å²) < 4.78 is 37.0. The molecule has 1 heterocycles. The third-order valence-electron chi connectivity index (χ3n) is 4.85. The molecule has 2 aromatic rings. The topological polar surface area (TPSA) is 114 Å². The average molecular weight is 506 g/mol. The molecule has 35 heavy (non-hydrogen) atoms. The van der Waals surface area contributed by atoms with E-state index in [0.29, 0.717) is 17.2 Å². The van der Waals surface area contributed by atoms with E-state index in [2.05, 4.69) is 10.6 Å². The van der Waals surface area contributed by atoms with Crippen molar-refractivity contribution in [3.05, 3.63) is 48.3 Å². The molecule has 188 valence electrons. The van der Waals surface area contributed by atoms with Gasteiger partial charge in [0.2, 0.25) is 24.5 Å². The number of halogens is 1. The highest BCUT2D eigenvalue weighted by Gasteiger charge is 2.31. The van der Waals surface area contributed by atoms with E-state index in [1.165, 1.54) is 25.1 Å². The Balaban J connectivity index is 1.68. The van der Waals surface area contributed by atoms with E-state index in [-0.39, 0.29) is 12.5 Å². The van der Waals surface area contributed by atoms with Gasteiger partial charge in [0, 0.05) is 33.8 Å². The van der Waals surface area contributed by atoms with Gasteiger partial charge in [-0.15, -0.1) is 0 Å². The van der Waals surface area contributed by atoms with Crippen molar-refractivity contribution >= 4 is 39.9 Å². The van der Waals surface area contributed by atoms with Crippen molar-refractivity contribution in [2.24, 2.45) is 0 Å². The van der Waals surface area contributed by atoms with Crippen LogP contribution in [-0.2, 0) is 25.2 Å². The monoisotopic (exact) mass is 505 g/mol. The lowest BCUT2D eigenvalue weighted by Crippen LogP contribution is -2.53. The Hall–Kier alpha value is -3.47. The fraction of sp³-hybridized carbons (Fsp3) is 0.375. The third kappa shape index (κ3) is 7.25. The number of anilines is 2. The number of nitrogens with zero attached hydrogens (tertiary/aromatic N) is 1. The molecule has 9 nitrogen and oxygen atoms in total. The van der Waals surface area contributed by atoms with Gasteiger partial charge in [-0.25, -0.2) is 4.39 Å². The van der Waals surface area contributed by atoms with Gasteiger partial charge < -0.3 is 20.1 Å². The fourth-order valence-corrected chi connectivity index (χ4v) is 4.26. The standard InChI is InChI=1S/C24H28FN3O6S/c1-15(23(31)27-24(2,3)4)28(18-7-5-6-16(25)10-18)22(30)13-35(32)12-21(29)26-17-8-9-19-20(11-17)34-14-33-19/h5-11,15H,12-14H2,1-4H3,(H,26,29)(H,27,31)/t15-,35-/m0/s1. The number of rotatable bonds is 8. The zero-order valence-corrected chi connectivity index (χ0v) is 20.7. The second kappa shape index (κ2) is 10.9. The molecule has 0 saturated carbocycles. The highest BCUT2D eigenvalue weighted by atomic mass is 32.2. The van der Waals surface area contributed by atoms with Crippen LogP contribution in [0.2, 0.25) is 0 Å². The minimum Gasteiger partial charge on any atom is -0.454 e. The summed E-state index contributed by atoms with van der Waals surface area (Å²) in [6.07, 6.45) is 0. The van der Waals surface area contributed by atoms with Crippen molar-refractivity contribution in [1.82, 2.24) is 5.32 Å². The smallest absolute Gasteiger partial charge is 0.243 e. The molecular weight excluding hydrogens is 477 g/mol. The summed E-state index contributed by atoms with van der Waals surface area (Å²) in [5, 5.41) is 5.39. The van der Waals surface area contributed by atoms with Crippen LogP contribution in [0.25, 0.3) is 0 Å². The molecule has 3 amide bonds. The number of hydrogen-bond acceptors (Lipinski definition) is 6. The van der Waals surface area contributed by atoms with E-state index in [0.717, 1.165) is 11.0 Å². The number of hydrogen-bond donors (Lipinski definition) is 2. The molecule has 2 aromatic carbocycles. The molecule has 3 rings (SSSR count). The molecule has 0 bridgehead atoms. The van der Waals surface area contributed by atoms with E-state index in [1.54, 1.807) is 39.0 Å². The first kappa shape index (κ1) is 26.1. The van der Waals surface area contributed by atoms with Gasteiger partial charge in [-0.1, -0.05) is 6.07 Å². The Labute approximate surface area is 205 Å². The number of amides is 3. The van der Waals surface area contributed by atoms with E-state index in [9.17, 15) is 23.0 Å². The van der Waals surface area contributed by atoms with Crippen LogP contribution in [-0.4, -0.2) is 51.8 Å². The van der Waals surface area contributed by atoms with Crippen LogP contribution < -0.4 is 25.0 Å². The number of nitrogens with one attached hydrogen (secondary N) is 2. The zero-order valence-electron chi connectivity index (χ0n) is 19.9. The highest BCUT2D eigenvalue weighted by molar-refractivity contribution is 7.86. The van der Waals surface area contributed by atoms with Gasteiger partial charge in [-0.2, -0.15) is 0 Å². The Morgan fingerprint density at radius 2 is 1.80 bits per heavy atom. The molecule has 11 heteroatoms. The molecule has 0 radical (unpaired) electrons. The third-order valence-corrected chi connectivity index (χ3v) is 6.01. The Morgan fingerprint density at radius 3 is 2.49 bits per heavy atom. The van der Waals surface area contributed by atoms with Gasteiger partial charge in [0.1, 0.15) is 23.4 Å². The maximum Gasteiger partial charge on any atom is 0.243 e. The van der Waals surface area contributed by atoms with Crippen LogP contribution in [0, 0.1) is 5.82 Å². The van der Waals surface area contributed by atoms with Crippen LogP contribution >= 0.6 is 0 Å². The van der Waals surface area contributed by atoms with E-state index in [4.69, 9.17) is 9.47 Å². The van der Waals surface area contributed by atoms with Crippen molar-refractivity contribution < 1.29 is 32.5 Å². The molecule has 1 aliphatic heterocycles. The summed E-state index contributed by atoms with van der Waals surface area (Å²) in [6, 6.07) is 9.04. The fourth-order valence-electron chi connectivity index (χ4n) is 3.38. The normalized spacial score (nSPS) is 14.1. The number of carbonyl (C=O) groups is 3. The Bertz CT molecular complexity index is 1150. The molecule has 0 saturated heterocycles. The van der Waals surface area contributed by atoms with Crippen LogP contribution in [0.1, 0.15) is 27.7 Å². The Morgan fingerprint density at radius 1 is 1.09 bits per heavy atom. The van der Waals surface area contributed by atoms with E-state index in [1.807, 2.05) is 0 Å². The number of carbonyl (C=O) groups excluding carboxylic acids is 3. The number of ether oxygens (including phenoxy) is 2. The predicted molar refractivity (Wildman–Crippen MR) is 130 cm³/mol. The molecule has 2 atom stereocenters. The second-order valence-corrected chi connectivity index (χ2v) is 10.5. The lowest BCUT2D eigenvalue weighted by Gasteiger charge is -2.31. The summed E-state index contributed by atoms with van der Waals surface area (Å²) >= 11 is 0. The van der Waals surface area contributed by atoms with Gasteiger partial charge in [0.15, 0.2) is 11.5 Å². The highest BCUT2D eigenvalue weighted by Crippen LogP contribution is 2.34. The SMILES string of the molecule is C[C@@H](C(=O)NC(C)(C)C)N(C(=O)C[S@@](=O)CC(=O)Nc1ccc2c(c1)OCO2)c1cccc(F)c1. The van der Waals surface area contributed by atoms with Crippen molar-refractivity contribution in [3.63, 3.8) is 0 Å². The molecule has 1 aliphatic rings. The minimum atomic E-state index is -1.89. The molecular formula is C24H28FN3O6S. The first-order valence-corrected chi connectivity index (χ1v) is 12.4. The predicted octanol–water partition coefficient (Wildman–Crippen LogP) is 2.58. The van der Waals surface area contributed by atoms with Gasteiger partial charge >= 0.3 is 0 Å². The minimum absolute atomic E-state index is 0.0902. The quantitative estimate of drug-likeness (QED) is 0.570. The molecule has 0 aliphatic carbocycles. The molecule has 0 aromatic heterocycles. The lowest BCUT2D eigenvalue weighted by molar-refractivity contribution is -0.126. The molecule has 0 spiro atoms. The van der Waals surface area contributed by atoms with Crippen LogP contribution in [0.4, 0.5) is 15.8 Å². The summed E-state index contributed by atoms with van der Waals surface area (Å²) in [7, 11) is -1.89. The lowest BCUT2D eigenvalue weighted by atomic mass is 10.1. The second-order valence-electron chi connectivity index (χ2n) is 9.00. The van der Waals surface area contributed by atoms with Crippen LogP contribution in [0.15, 0.2) is 42.5 Å². The molecule has 0 fully saturated rings. The number of fused-ring (bicyclic) bond motifs is 1. The summed E-state index contributed by atoms with van der Waals surface area (Å²) in [5.41, 5.74) is 0.0160. The largest absolute Gasteiger partial charge is 0.454 e. The summed E-state index contributed by atoms with van der Waals surface area (Å²) in [5.74, 6) is -2.23. The average Bonchev–Trinajstić information content (AvgIpc) is 3.20. The van der Waals surface area contributed by atoms with Gasteiger partial charge in [-0.05, 0) is 58.0 Å². The van der Waals surface area contributed by atoms with Crippen molar-refractivity contribution in [3.8, 4) is 11.5 Å². The van der Waals surface area contributed by atoms with Gasteiger partial charge in [-0.3, -0.25) is 23.5 Å². The molecule has 0 unspecified atom stereocenters. The van der Waals surface area contributed by atoms with E-state index < -0.39 is 57.4 Å².